The van der Waals surface area contributed by atoms with Crippen molar-refractivity contribution < 1.29 is 18.7 Å². The molecule has 1 amide bonds. The quantitative estimate of drug-likeness (QED) is 0.414. The molecule has 1 aliphatic heterocycles. The fourth-order valence-electron chi connectivity index (χ4n) is 4.12. The third-order valence-corrected chi connectivity index (χ3v) is 6.53. The van der Waals surface area contributed by atoms with Crippen LogP contribution < -0.4 is 10.3 Å². The van der Waals surface area contributed by atoms with Gasteiger partial charge in [-0.1, -0.05) is 35.6 Å². The van der Waals surface area contributed by atoms with Gasteiger partial charge in [-0.15, -0.1) is 0 Å². The lowest BCUT2D eigenvalue weighted by atomic mass is 9.98. The van der Waals surface area contributed by atoms with Crippen LogP contribution in [0.25, 0.3) is 21.2 Å². The highest BCUT2D eigenvalue weighted by atomic mass is 32.1. The summed E-state index contributed by atoms with van der Waals surface area (Å²) in [6.45, 7) is 0. The lowest BCUT2D eigenvalue weighted by Gasteiger charge is -2.22. The number of nitrogens with zero attached hydrogens (tertiary/aromatic N) is 2. The van der Waals surface area contributed by atoms with E-state index in [9.17, 15) is 19.1 Å². The van der Waals surface area contributed by atoms with Crippen LogP contribution in [0.15, 0.2) is 75.9 Å². The second-order valence-corrected chi connectivity index (χ2v) is 8.46. The van der Waals surface area contributed by atoms with Gasteiger partial charge < -0.3 is 9.52 Å². The Morgan fingerprint density at radius 3 is 2.72 bits per heavy atom. The Kier molecular flexibility index (Phi) is 3.93. The number of fused-ring (bicyclic) bond motifs is 3. The lowest BCUT2D eigenvalue weighted by molar-refractivity contribution is 0.0971. The third kappa shape index (κ3) is 2.66. The maximum atomic E-state index is 13.7. The number of carbonyl (C=O) groups is 1. The van der Waals surface area contributed by atoms with Gasteiger partial charge in [0.25, 0.3) is 5.91 Å². The predicted molar refractivity (Wildman–Crippen MR) is 119 cm³/mol. The van der Waals surface area contributed by atoms with E-state index < -0.39 is 17.8 Å². The van der Waals surface area contributed by atoms with E-state index in [0.29, 0.717) is 31.9 Å². The van der Waals surface area contributed by atoms with E-state index >= 15 is 0 Å². The molecule has 3 aromatic carbocycles. The number of benzene rings is 3. The van der Waals surface area contributed by atoms with Crippen molar-refractivity contribution in [1.29, 1.82) is 0 Å². The van der Waals surface area contributed by atoms with Crippen molar-refractivity contribution >= 4 is 43.6 Å². The molecule has 0 saturated carbocycles. The fraction of sp³-hybridized carbons (Fsp3) is 0.0417. The predicted octanol–water partition coefficient (Wildman–Crippen LogP) is 5.00. The number of rotatable bonds is 2. The largest absolute Gasteiger partial charge is 0.508 e. The Morgan fingerprint density at radius 2 is 1.88 bits per heavy atom. The molecule has 3 heterocycles. The van der Waals surface area contributed by atoms with Crippen LogP contribution in [-0.2, 0) is 0 Å². The van der Waals surface area contributed by atoms with Crippen LogP contribution >= 0.6 is 11.3 Å². The first-order valence-electron chi connectivity index (χ1n) is 9.75. The average Bonchev–Trinajstić information content (AvgIpc) is 3.32. The van der Waals surface area contributed by atoms with Crippen molar-refractivity contribution in [3.63, 3.8) is 0 Å². The molecule has 0 saturated heterocycles. The molecule has 0 spiro atoms. The second kappa shape index (κ2) is 6.73. The van der Waals surface area contributed by atoms with E-state index in [4.69, 9.17) is 4.42 Å². The molecule has 6 nitrogen and oxygen atoms in total. The Balaban J connectivity index is 1.65. The van der Waals surface area contributed by atoms with Crippen LogP contribution in [0.4, 0.5) is 9.52 Å². The van der Waals surface area contributed by atoms with Crippen molar-refractivity contribution in [2.75, 3.05) is 4.90 Å². The van der Waals surface area contributed by atoms with E-state index in [2.05, 4.69) is 4.98 Å². The monoisotopic (exact) mass is 444 g/mol. The number of halogens is 1. The molecule has 8 heteroatoms. The van der Waals surface area contributed by atoms with Crippen molar-refractivity contribution in [3.05, 3.63) is 99.7 Å². The van der Waals surface area contributed by atoms with Crippen molar-refractivity contribution in [2.45, 2.75) is 6.04 Å². The molecule has 2 aromatic heterocycles. The Morgan fingerprint density at radius 1 is 1.03 bits per heavy atom. The number of aromatic nitrogens is 1. The highest BCUT2D eigenvalue weighted by Crippen LogP contribution is 2.44. The maximum absolute atomic E-state index is 13.7. The minimum atomic E-state index is -0.851. The molecule has 0 fully saturated rings. The molecule has 1 unspecified atom stereocenters. The standard InChI is InChI=1S/C24H13FN2O4S/c25-13-8-9-16-18(11-13)32-24(26-16)27-20(12-4-3-5-14(28)10-12)19-21(29)15-6-1-2-7-17(15)31-22(19)23(27)30/h1-11,20,28H. The van der Waals surface area contributed by atoms with E-state index in [1.54, 1.807) is 42.5 Å². The number of amides is 1. The molecule has 0 radical (unpaired) electrons. The number of para-hydroxylation sites is 1. The average molecular weight is 444 g/mol. The topological polar surface area (TPSA) is 83.6 Å². The number of carbonyl (C=O) groups excluding carboxylic acids is 1. The molecular weight excluding hydrogens is 431 g/mol. The van der Waals surface area contributed by atoms with Crippen molar-refractivity contribution in [1.82, 2.24) is 4.98 Å². The summed E-state index contributed by atoms with van der Waals surface area (Å²) < 4.78 is 20.2. The summed E-state index contributed by atoms with van der Waals surface area (Å²) >= 11 is 1.14. The molecule has 6 rings (SSSR count). The van der Waals surface area contributed by atoms with Crippen LogP contribution in [0.5, 0.6) is 5.75 Å². The number of aromatic hydroxyl groups is 1. The van der Waals surface area contributed by atoms with Gasteiger partial charge in [-0.2, -0.15) is 0 Å². The van der Waals surface area contributed by atoms with Crippen molar-refractivity contribution in [2.24, 2.45) is 0 Å². The number of hydrogen-bond acceptors (Lipinski definition) is 6. The SMILES string of the molecule is O=C1c2oc3ccccc3c(=O)c2C(c2cccc(O)c2)N1c1nc2ccc(F)cc2s1. The molecule has 1 atom stereocenters. The zero-order valence-electron chi connectivity index (χ0n) is 16.3. The molecule has 156 valence electrons. The summed E-state index contributed by atoms with van der Waals surface area (Å²) in [5.74, 6) is -0.987. The minimum Gasteiger partial charge on any atom is -0.508 e. The number of thiazole rings is 1. The molecule has 1 aliphatic rings. The summed E-state index contributed by atoms with van der Waals surface area (Å²) in [5, 5.41) is 10.7. The maximum Gasteiger partial charge on any atom is 0.297 e. The van der Waals surface area contributed by atoms with Crippen LogP contribution in [-0.4, -0.2) is 16.0 Å². The van der Waals surface area contributed by atoms with Crippen LogP contribution in [0.3, 0.4) is 0 Å². The van der Waals surface area contributed by atoms with E-state index in [0.717, 1.165) is 11.3 Å². The zero-order chi connectivity index (χ0) is 22.0. The van der Waals surface area contributed by atoms with Gasteiger partial charge >= 0.3 is 0 Å². The second-order valence-electron chi connectivity index (χ2n) is 7.45. The molecule has 5 aromatic rings. The van der Waals surface area contributed by atoms with Gasteiger partial charge in [0.1, 0.15) is 17.1 Å². The molecule has 32 heavy (non-hydrogen) atoms. The van der Waals surface area contributed by atoms with Gasteiger partial charge in [0.2, 0.25) is 5.76 Å². The lowest BCUT2D eigenvalue weighted by Crippen LogP contribution is -2.29. The first kappa shape index (κ1) is 18.7. The number of phenols is 1. The normalized spacial score (nSPS) is 15.6. The van der Waals surface area contributed by atoms with E-state index in [1.807, 2.05) is 0 Å². The number of anilines is 1. The minimum absolute atomic E-state index is 0.0000955. The van der Waals surface area contributed by atoms with E-state index in [-0.39, 0.29) is 22.5 Å². The Labute approximate surface area is 183 Å². The van der Waals surface area contributed by atoms with Gasteiger partial charge in [-0.05, 0) is 48.0 Å². The summed E-state index contributed by atoms with van der Waals surface area (Å²) in [5.41, 5.74) is 1.25. The first-order valence-corrected chi connectivity index (χ1v) is 10.6. The Hall–Kier alpha value is -4.04. The van der Waals surface area contributed by atoms with Gasteiger partial charge in [0, 0.05) is 0 Å². The van der Waals surface area contributed by atoms with Gasteiger partial charge in [-0.3, -0.25) is 14.5 Å². The Bertz CT molecular complexity index is 1620. The van der Waals surface area contributed by atoms with Gasteiger partial charge in [0.05, 0.1) is 27.2 Å². The van der Waals surface area contributed by atoms with Crippen molar-refractivity contribution in [3.8, 4) is 5.75 Å². The third-order valence-electron chi connectivity index (χ3n) is 5.51. The fourth-order valence-corrected chi connectivity index (χ4v) is 5.13. The first-order chi connectivity index (χ1) is 15.5. The summed E-state index contributed by atoms with van der Waals surface area (Å²) in [4.78, 5) is 32.9. The molecule has 1 N–H and O–H groups in total. The van der Waals surface area contributed by atoms with E-state index in [1.165, 1.54) is 29.2 Å². The van der Waals surface area contributed by atoms with Gasteiger partial charge in [-0.25, -0.2) is 9.37 Å². The smallest absolute Gasteiger partial charge is 0.297 e. The zero-order valence-corrected chi connectivity index (χ0v) is 17.1. The molecular formula is C24H13FN2O4S. The molecule has 0 bridgehead atoms. The summed E-state index contributed by atoms with van der Waals surface area (Å²) in [7, 11) is 0. The van der Waals surface area contributed by atoms with Gasteiger partial charge in [0.15, 0.2) is 10.6 Å². The van der Waals surface area contributed by atoms with Crippen LogP contribution in [0.1, 0.15) is 27.7 Å². The molecule has 0 aliphatic carbocycles. The summed E-state index contributed by atoms with van der Waals surface area (Å²) in [6.07, 6.45) is 0. The summed E-state index contributed by atoms with van der Waals surface area (Å²) in [6, 6.07) is 16.5. The number of phenolic OH excluding ortho intramolecular Hbond substituents is 1. The van der Waals surface area contributed by atoms with Crippen LogP contribution in [0.2, 0.25) is 0 Å². The van der Waals surface area contributed by atoms with Crippen LogP contribution in [0, 0.1) is 5.82 Å². The highest BCUT2D eigenvalue weighted by Gasteiger charge is 2.45. The highest BCUT2D eigenvalue weighted by molar-refractivity contribution is 7.22. The number of hydrogen-bond donors (Lipinski definition) is 1.